The average Bonchev–Trinajstić information content (AvgIpc) is 2.72. The van der Waals surface area contributed by atoms with Crippen LogP contribution in [-0.4, -0.2) is 37.8 Å². The van der Waals surface area contributed by atoms with Crippen molar-refractivity contribution < 1.29 is 8.42 Å². The first kappa shape index (κ1) is 17.2. The molecule has 0 amide bonds. The quantitative estimate of drug-likeness (QED) is 0.774. The summed E-state index contributed by atoms with van der Waals surface area (Å²) in [4.78, 5) is 0.322. The Labute approximate surface area is 133 Å². The molecule has 0 spiro atoms. The largest absolute Gasteiger partial charge is 0.313 e. The SMILES string of the molecule is Cc1nn(CC(C)C)c(C)c1S(=O)(=O)NCC1=CCNCC1. The number of aromatic nitrogens is 2. The first-order chi connectivity index (χ1) is 10.3. The second-order valence-electron chi connectivity index (χ2n) is 6.22. The van der Waals surface area contributed by atoms with Crippen LogP contribution in [0.1, 0.15) is 31.7 Å². The van der Waals surface area contributed by atoms with Gasteiger partial charge in [0.25, 0.3) is 0 Å². The molecule has 0 aliphatic carbocycles. The molecule has 0 unspecified atom stereocenters. The van der Waals surface area contributed by atoms with Crippen molar-refractivity contribution in [3.05, 3.63) is 23.0 Å². The van der Waals surface area contributed by atoms with E-state index in [4.69, 9.17) is 0 Å². The fourth-order valence-corrected chi connectivity index (χ4v) is 4.13. The highest BCUT2D eigenvalue weighted by molar-refractivity contribution is 7.89. The van der Waals surface area contributed by atoms with Crippen molar-refractivity contribution in [1.82, 2.24) is 19.8 Å². The van der Waals surface area contributed by atoms with Crippen LogP contribution in [0.2, 0.25) is 0 Å². The molecule has 1 aliphatic heterocycles. The number of nitrogens with zero attached hydrogens (tertiary/aromatic N) is 2. The Kier molecular flexibility index (Phi) is 5.41. The van der Waals surface area contributed by atoms with E-state index in [1.165, 1.54) is 0 Å². The Hall–Kier alpha value is -1.18. The molecular formula is C15H26N4O2S. The van der Waals surface area contributed by atoms with Crippen molar-refractivity contribution in [2.45, 2.75) is 45.6 Å². The zero-order valence-corrected chi connectivity index (χ0v) is 14.6. The van der Waals surface area contributed by atoms with Crippen LogP contribution in [0.5, 0.6) is 0 Å². The fraction of sp³-hybridized carbons (Fsp3) is 0.667. The van der Waals surface area contributed by atoms with Gasteiger partial charge in [0.2, 0.25) is 10.0 Å². The molecule has 2 N–H and O–H groups in total. The minimum absolute atomic E-state index is 0.322. The van der Waals surface area contributed by atoms with Crippen LogP contribution < -0.4 is 10.0 Å². The van der Waals surface area contributed by atoms with Crippen LogP contribution in [0.15, 0.2) is 16.5 Å². The number of rotatable bonds is 6. The van der Waals surface area contributed by atoms with Gasteiger partial charge in [0.1, 0.15) is 4.90 Å². The van der Waals surface area contributed by atoms with Crippen molar-refractivity contribution in [3.8, 4) is 0 Å². The number of sulfonamides is 1. The molecule has 0 bridgehead atoms. The van der Waals surface area contributed by atoms with E-state index in [9.17, 15) is 8.42 Å². The van der Waals surface area contributed by atoms with Crippen molar-refractivity contribution in [1.29, 1.82) is 0 Å². The van der Waals surface area contributed by atoms with Crippen molar-refractivity contribution in [2.75, 3.05) is 19.6 Å². The topological polar surface area (TPSA) is 76.0 Å². The summed E-state index contributed by atoms with van der Waals surface area (Å²) >= 11 is 0. The van der Waals surface area contributed by atoms with E-state index in [1.807, 2.05) is 13.0 Å². The molecule has 1 aliphatic rings. The molecule has 0 saturated heterocycles. The lowest BCUT2D eigenvalue weighted by Gasteiger charge is -2.15. The predicted octanol–water partition coefficient (Wildman–Crippen LogP) is 1.35. The van der Waals surface area contributed by atoms with Gasteiger partial charge < -0.3 is 5.32 Å². The van der Waals surface area contributed by atoms with Crippen LogP contribution in [0.25, 0.3) is 0 Å². The second-order valence-corrected chi connectivity index (χ2v) is 7.92. The summed E-state index contributed by atoms with van der Waals surface area (Å²) in [5.41, 5.74) is 2.40. The summed E-state index contributed by atoms with van der Waals surface area (Å²) in [6.07, 6.45) is 2.93. The van der Waals surface area contributed by atoms with Gasteiger partial charge in [-0.1, -0.05) is 25.5 Å². The summed E-state index contributed by atoms with van der Waals surface area (Å²) in [7, 11) is -3.53. The van der Waals surface area contributed by atoms with Crippen molar-refractivity contribution in [2.24, 2.45) is 5.92 Å². The standard InChI is InChI=1S/C15H26N4O2S/c1-11(2)10-19-13(4)15(12(3)18-19)22(20,21)17-9-14-5-7-16-8-6-14/h5,11,16-17H,6-10H2,1-4H3. The van der Waals surface area contributed by atoms with Crippen molar-refractivity contribution in [3.63, 3.8) is 0 Å². The molecule has 124 valence electrons. The van der Waals surface area contributed by atoms with Crippen LogP contribution in [-0.2, 0) is 16.6 Å². The summed E-state index contributed by atoms with van der Waals surface area (Å²) in [6.45, 7) is 10.6. The van der Waals surface area contributed by atoms with E-state index in [0.29, 0.717) is 28.7 Å². The van der Waals surface area contributed by atoms with Gasteiger partial charge in [-0.2, -0.15) is 5.10 Å². The van der Waals surface area contributed by atoms with Gasteiger partial charge >= 0.3 is 0 Å². The molecular weight excluding hydrogens is 300 g/mol. The molecule has 0 fully saturated rings. The Morgan fingerprint density at radius 2 is 2.14 bits per heavy atom. The Morgan fingerprint density at radius 1 is 1.41 bits per heavy atom. The first-order valence-corrected chi connectivity index (χ1v) is 9.22. The van der Waals surface area contributed by atoms with Gasteiger partial charge in [-0.15, -0.1) is 0 Å². The van der Waals surface area contributed by atoms with E-state index in [2.05, 4.69) is 29.0 Å². The maximum absolute atomic E-state index is 12.6. The maximum atomic E-state index is 12.6. The lowest BCUT2D eigenvalue weighted by atomic mass is 10.1. The predicted molar refractivity (Wildman–Crippen MR) is 87.3 cm³/mol. The van der Waals surface area contributed by atoms with Crippen molar-refractivity contribution >= 4 is 10.0 Å². The van der Waals surface area contributed by atoms with Crippen LogP contribution >= 0.6 is 0 Å². The van der Waals surface area contributed by atoms with Gasteiger partial charge in [-0.3, -0.25) is 4.68 Å². The lowest BCUT2D eigenvalue weighted by molar-refractivity contribution is 0.471. The van der Waals surface area contributed by atoms with Gasteiger partial charge in [-0.25, -0.2) is 13.1 Å². The number of hydrogen-bond donors (Lipinski definition) is 2. The molecule has 7 heteroatoms. The Balaban J connectivity index is 2.18. The van der Waals surface area contributed by atoms with E-state index >= 15 is 0 Å². The van der Waals surface area contributed by atoms with E-state index in [0.717, 1.165) is 31.6 Å². The highest BCUT2D eigenvalue weighted by Gasteiger charge is 2.24. The molecule has 0 aromatic carbocycles. The summed E-state index contributed by atoms with van der Waals surface area (Å²) in [5.74, 6) is 0.418. The van der Waals surface area contributed by atoms with Gasteiger partial charge in [0, 0.05) is 19.6 Å². The monoisotopic (exact) mass is 326 g/mol. The zero-order valence-electron chi connectivity index (χ0n) is 13.8. The minimum atomic E-state index is -3.53. The summed E-state index contributed by atoms with van der Waals surface area (Å²) < 4.78 is 29.7. The zero-order chi connectivity index (χ0) is 16.3. The molecule has 2 heterocycles. The van der Waals surface area contributed by atoms with E-state index in [-0.39, 0.29) is 0 Å². The van der Waals surface area contributed by atoms with Crippen LogP contribution in [0, 0.1) is 19.8 Å². The lowest BCUT2D eigenvalue weighted by Crippen LogP contribution is -2.30. The number of hydrogen-bond acceptors (Lipinski definition) is 4. The Morgan fingerprint density at radius 3 is 2.73 bits per heavy atom. The third-order valence-corrected chi connectivity index (χ3v) is 5.42. The molecule has 2 rings (SSSR count). The molecule has 0 radical (unpaired) electrons. The molecule has 6 nitrogen and oxygen atoms in total. The van der Waals surface area contributed by atoms with Gasteiger partial charge in [0.05, 0.1) is 11.4 Å². The normalized spacial score (nSPS) is 16.1. The highest BCUT2D eigenvalue weighted by Crippen LogP contribution is 2.20. The first-order valence-electron chi connectivity index (χ1n) is 7.73. The molecule has 1 aromatic rings. The average molecular weight is 326 g/mol. The smallest absolute Gasteiger partial charge is 0.244 e. The number of nitrogens with one attached hydrogen (secondary N) is 2. The summed E-state index contributed by atoms with van der Waals surface area (Å²) in [6, 6.07) is 0. The van der Waals surface area contributed by atoms with Crippen LogP contribution in [0.3, 0.4) is 0 Å². The second kappa shape index (κ2) is 6.93. The highest BCUT2D eigenvalue weighted by atomic mass is 32.2. The van der Waals surface area contributed by atoms with Gasteiger partial charge in [-0.05, 0) is 32.7 Å². The maximum Gasteiger partial charge on any atom is 0.244 e. The fourth-order valence-electron chi connectivity index (χ4n) is 2.68. The third kappa shape index (κ3) is 3.97. The van der Waals surface area contributed by atoms with Gasteiger partial charge in [0.15, 0.2) is 0 Å². The Bertz CT molecular complexity index is 659. The molecule has 22 heavy (non-hydrogen) atoms. The molecule has 0 saturated carbocycles. The third-order valence-electron chi connectivity index (χ3n) is 3.77. The van der Waals surface area contributed by atoms with Crippen LogP contribution in [0.4, 0.5) is 0 Å². The van der Waals surface area contributed by atoms with E-state index < -0.39 is 10.0 Å². The van der Waals surface area contributed by atoms with E-state index in [1.54, 1.807) is 11.6 Å². The molecule has 0 atom stereocenters. The number of aryl methyl sites for hydroxylation is 1. The minimum Gasteiger partial charge on any atom is -0.313 e. The summed E-state index contributed by atoms with van der Waals surface area (Å²) in [5, 5.41) is 7.60. The molecule has 1 aromatic heterocycles.